The summed E-state index contributed by atoms with van der Waals surface area (Å²) in [7, 11) is 0. The molecule has 4 heterocycles. The number of hydrogen-bond donors (Lipinski definition) is 1. The van der Waals surface area contributed by atoms with E-state index in [1.807, 2.05) is 0 Å². The molecule has 3 aliphatic rings. The molecule has 1 atom stereocenters. The summed E-state index contributed by atoms with van der Waals surface area (Å²) in [5.74, 6) is 2.26. The predicted octanol–water partition coefficient (Wildman–Crippen LogP) is 3.42. The third-order valence-electron chi connectivity index (χ3n) is 5.88. The van der Waals surface area contributed by atoms with Crippen molar-refractivity contribution in [2.45, 2.75) is 39.2 Å². The number of piperidine rings is 3. The second-order valence-corrected chi connectivity index (χ2v) is 7.65. The van der Waals surface area contributed by atoms with Crippen molar-refractivity contribution in [3.05, 3.63) is 57.0 Å². The molecule has 1 unspecified atom stereocenters. The van der Waals surface area contributed by atoms with Crippen molar-refractivity contribution < 1.29 is 4.92 Å². The molecule has 7 heteroatoms. The first-order chi connectivity index (χ1) is 13.0. The van der Waals surface area contributed by atoms with E-state index >= 15 is 0 Å². The van der Waals surface area contributed by atoms with Gasteiger partial charge in [-0.1, -0.05) is 24.3 Å². The Hall–Kier alpha value is -2.54. The maximum absolute atomic E-state index is 11.3. The van der Waals surface area contributed by atoms with E-state index in [9.17, 15) is 10.1 Å². The minimum absolute atomic E-state index is 0.0514. The molecule has 5 rings (SSSR count). The molecule has 142 valence electrons. The van der Waals surface area contributed by atoms with E-state index in [4.69, 9.17) is 0 Å². The normalized spacial score (nSPS) is 24.0. The maximum atomic E-state index is 11.3. The largest absolute Gasteiger partial charge is 0.360 e. The van der Waals surface area contributed by atoms with Crippen LogP contribution in [0, 0.1) is 29.9 Å². The number of nitrogens with one attached hydrogen (secondary N) is 1. The van der Waals surface area contributed by atoms with Gasteiger partial charge in [0.2, 0.25) is 5.82 Å². The molecule has 27 heavy (non-hydrogen) atoms. The number of aromatic nitrogens is 2. The molecule has 1 aromatic heterocycles. The molecule has 1 aromatic carbocycles. The maximum Gasteiger partial charge on any atom is 0.332 e. The van der Waals surface area contributed by atoms with Gasteiger partial charge in [-0.25, -0.2) is 9.97 Å². The van der Waals surface area contributed by atoms with Gasteiger partial charge in [0.15, 0.2) is 0 Å². The van der Waals surface area contributed by atoms with Crippen molar-refractivity contribution in [3.8, 4) is 0 Å². The molecule has 0 radical (unpaired) electrons. The van der Waals surface area contributed by atoms with Gasteiger partial charge in [0.05, 0.1) is 4.92 Å². The minimum Gasteiger partial charge on any atom is -0.360 e. The summed E-state index contributed by atoms with van der Waals surface area (Å²) in [6.07, 6.45) is 2.62. The molecule has 0 amide bonds. The van der Waals surface area contributed by atoms with Crippen LogP contribution in [-0.4, -0.2) is 39.4 Å². The Bertz CT molecular complexity index is 844. The fourth-order valence-electron chi connectivity index (χ4n) is 4.46. The summed E-state index contributed by atoms with van der Waals surface area (Å²) < 4.78 is 0. The van der Waals surface area contributed by atoms with Crippen LogP contribution in [0.2, 0.25) is 0 Å². The summed E-state index contributed by atoms with van der Waals surface area (Å²) in [4.78, 5) is 21.8. The number of rotatable bonds is 5. The number of benzene rings is 1. The first-order valence-corrected chi connectivity index (χ1v) is 9.56. The lowest BCUT2D eigenvalue weighted by Gasteiger charge is -2.45. The van der Waals surface area contributed by atoms with Crippen molar-refractivity contribution in [1.82, 2.24) is 14.9 Å². The van der Waals surface area contributed by atoms with Crippen LogP contribution in [0.4, 0.5) is 11.5 Å². The molecular weight excluding hydrogens is 342 g/mol. The van der Waals surface area contributed by atoms with Crippen molar-refractivity contribution in [1.29, 1.82) is 0 Å². The predicted molar refractivity (Wildman–Crippen MR) is 104 cm³/mol. The van der Waals surface area contributed by atoms with E-state index < -0.39 is 4.92 Å². The van der Waals surface area contributed by atoms with Gasteiger partial charge < -0.3 is 10.2 Å². The second-order valence-electron chi connectivity index (χ2n) is 7.65. The summed E-state index contributed by atoms with van der Waals surface area (Å²) in [6.45, 7) is 7.55. The topological polar surface area (TPSA) is 84.2 Å². The van der Waals surface area contributed by atoms with Gasteiger partial charge in [0.1, 0.15) is 11.5 Å². The van der Waals surface area contributed by atoms with Crippen LogP contribution >= 0.6 is 0 Å². The lowest BCUT2D eigenvalue weighted by atomic mass is 9.75. The van der Waals surface area contributed by atoms with Gasteiger partial charge in [-0.3, -0.25) is 10.1 Å². The third kappa shape index (κ3) is 3.64. The fraction of sp³-hybridized carbons (Fsp3) is 0.500. The third-order valence-corrected chi connectivity index (χ3v) is 5.88. The van der Waals surface area contributed by atoms with Crippen LogP contribution in [0.1, 0.15) is 41.4 Å². The second kappa shape index (κ2) is 7.23. The Morgan fingerprint density at radius 1 is 1.19 bits per heavy atom. The first kappa shape index (κ1) is 17.9. The van der Waals surface area contributed by atoms with Gasteiger partial charge in [-0.2, -0.15) is 0 Å². The number of fused-ring (bicyclic) bond motifs is 3. The van der Waals surface area contributed by atoms with Gasteiger partial charge >= 0.3 is 5.69 Å². The first-order valence-electron chi connectivity index (χ1n) is 9.56. The van der Waals surface area contributed by atoms with Crippen molar-refractivity contribution in [2.75, 3.05) is 25.0 Å². The Balaban J connectivity index is 1.46. The van der Waals surface area contributed by atoms with E-state index in [1.165, 1.54) is 38.0 Å². The lowest BCUT2D eigenvalue weighted by Crippen LogP contribution is -2.46. The highest BCUT2D eigenvalue weighted by molar-refractivity contribution is 5.58. The molecular formula is C20H25N5O2. The monoisotopic (exact) mass is 367 g/mol. The molecule has 0 saturated carbocycles. The van der Waals surface area contributed by atoms with Crippen LogP contribution in [0.5, 0.6) is 0 Å². The quantitative estimate of drug-likeness (QED) is 0.644. The molecule has 0 spiro atoms. The Morgan fingerprint density at radius 2 is 1.89 bits per heavy atom. The Labute approximate surface area is 159 Å². The fourth-order valence-corrected chi connectivity index (χ4v) is 4.46. The molecule has 2 bridgehead atoms. The highest BCUT2D eigenvalue weighted by Crippen LogP contribution is 2.38. The molecule has 3 aliphatic heterocycles. The Morgan fingerprint density at radius 3 is 2.48 bits per heavy atom. The molecule has 0 aliphatic carbocycles. The zero-order valence-electron chi connectivity index (χ0n) is 15.8. The van der Waals surface area contributed by atoms with Crippen LogP contribution in [0.3, 0.4) is 0 Å². The summed E-state index contributed by atoms with van der Waals surface area (Å²) >= 11 is 0. The van der Waals surface area contributed by atoms with Crippen molar-refractivity contribution >= 4 is 11.5 Å². The van der Waals surface area contributed by atoms with Crippen LogP contribution in [0.15, 0.2) is 24.3 Å². The smallest absolute Gasteiger partial charge is 0.332 e. The molecule has 3 saturated heterocycles. The van der Waals surface area contributed by atoms with Gasteiger partial charge in [0, 0.05) is 13.1 Å². The van der Waals surface area contributed by atoms with E-state index in [-0.39, 0.29) is 11.5 Å². The molecule has 2 aromatic rings. The van der Waals surface area contributed by atoms with E-state index in [0.717, 1.165) is 11.5 Å². The molecule has 1 N–H and O–H groups in total. The van der Waals surface area contributed by atoms with E-state index in [1.54, 1.807) is 13.8 Å². The standard InChI is InChI=1S/C20H25N5O2/c1-13-19(25(26)27)20(23-14(2)22-13)21-11-15-3-5-16(6-4-15)18-12-24-9-7-17(18)8-10-24/h3-6,17-18H,7-12H2,1-2H3,(H,21,22,23). The van der Waals surface area contributed by atoms with Crippen molar-refractivity contribution in [3.63, 3.8) is 0 Å². The number of nitrogens with zero attached hydrogens (tertiary/aromatic N) is 4. The van der Waals surface area contributed by atoms with Gasteiger partial charge in [-0.05, 0) is 62.7 Å². The number of anilines is 1. The zero-order valence-corrected chi connectivity index (χ0v) is 15.8. The highest BCUT2D eigenvalue weighted by Gasteiger charge is 2.34. The highest BCUT2D eigenvalue weighted by atomic mass is 16.6. The van der Waals surface area contributed by atoms with Crippen LogP contribution < -0.4 is 5.32 Å². The minimum atomic E-state index is -0.423. The summed E-state index contributed by atoms with van der Waals surface area (Å²) in [5, 5.41) is 14.4. The lowest BCUT2D eigenvalue weighted by molar-refractivity contribution is -0.385. The number of nitro groups is 1. The van der Waals surface area contributed by atoms with Gasteiger partial charge in [0.25, 0.3) is 0 Å². The average Bonchev–Trinajstić information content (AvgIpc) is 2.67. The number of aryl methyl sites for hydroxylation is 2. The SMILES string of the molecule is Cc1nc(C)c([N+](=O)[O-])c(NCc2ccc(C3CN4CCC3CC4)cc2)n1. The Kier molecular flexibility index (Phi) is 4.78. The van der Waals surface area contributed by atoms with E-state index in [0.29, 0.717) is 24.0 Å². The van der Waals surface area contributed by atoms with Crippen LogP contribution in [0.25, 0.3) is 0 Å². The zero-order chi connectivity index (χ0) is 19.0. The van der Waals surface area contributed by atoms with Gasteiger partial charge in [-0.15, -0.1) is 0 Å². The van der Waals surface area contributed by atoms with Crippen molar-refractivity contribution in [2.24, 2.45) is 5.92 Å². The summed E-state index contributed by atoms with van der Waals surface area (Å²) in [5.41, 5.74) is 2.83. The molecule has 7 nitrogen and oxygen atoms in total. The van der Waals surface area contributed by atoms with E-state index in [2.05, 4.69) is 44.5 Å². The average molecular weight is 367 g/mol. The molecule has 3 fully saturated rings. The number of hydrogen-bond acceptors (Lipinski definition) is 6. The summed E-state index contributed by atoms with van der Waals surface area (Å²) in [6, 6.07) is 8.67. The van der Waals surface area contributed by atoms with Crippen LogP contribution in [-0.2, 0) is 6.54 Å².